The Kier molecular flexibility index (Phi) is 7.89. The Hall–Kier alpha value is -8.12. The molecule has 1 N–H and O–H groups in total. The maximum absolute atomic E-state index is 7.00. The van der Waals surface area contributed by atoms with Crippen LogP contribution in [0.3, 0.4) is 0 Å². The molecule has 0 atom stereocenters. The summed E-state index contributed by atoms with van der Waals surface area (Å²) >= 11 is 6.47. The smallest absolute Gasteiger partial charge is 0.226 e. The second kappa shape index (κ2) is 14.0. The number of aromatic amines is 1. The lowest BCUT2D eigenvalue weighted by atomic mass is 9.93. The van der Waals surface area contributed by atoms with E-state index in [4.69, 9.17) is 21.0 Å². The van der Waals surface area contributed by atoms with Gasteiger partial charge in [0, 0.05) is 49.3 Å². The van der Waals surface area contributed by atoms with Gasteiger partial charge in [-0.25, -0.2) is 4.98 Å². The molecule has 6 heteroatoms. The van der Waals surface area contributed by atoms with Crippen LogP contribution in [0, 0.1) is 0 Å². The maximum atomic E-state index is 7.00. The minimum atomic E-state index is 0.159. The standard InChI is InChI=1S/C57H33ClN4O/c58-57-61-55(60-56(62-57)42-24-21-33-9-1-2-11-37(33)30-42)36-22-19-34(20-23-36)38-13-7-14-39(29-38)40-25-27-45-48-31-41-12-4-6-16-44(41)52(54(48)63-50(45)32-40)47-18-8-17-46-51-43-15-5-3-10-35(43)26-28-49(51)59-53(46)47/h1-32,59H. The van der Waals surface area contributed by atoms with E-state index in [2.05, 4.69) is 179 Å². The third-order valence-electron chi connectivity index (χ3n) is 12.6. The molecule has 0 amide bonds. The summed E-state index contributed by atoms with van der Waals surface area (Å²) in [6.45, 7) is 0. The summed E-state index contributed by atoms with van der Waals surface area (Å²) in [5.41, 5.74) is 12.3. The van der Waals surface area contributed by atoms with Crippen LogP contribution >= 0.6 is 11.6 Å². The van der Waals surface area contributed by atoms with Crippen molar-refractivity contribution in [2.45, 2.75) is 0 Å². The van der Waals surface area contributed by atoms with E-state index < -0.39 is 0 Å². The van der Waals surface area contributed by atoms with Crippen molar-refractivity contribution >= 4 is 87.7 Å². The zero-order valence-electron chi connectivity index (χ0n) is 33.6. The van der Waals surface area contributed by atoms with E-state index in [0.717, 1.165) is 93.6 Å². The quantitative estimate of drug-likeness (QED) is 0.188. The molecule has 63 heavy (non-hydrogen) atoms. The molecule has 0 aliphatic rings. The summed E-state index contributed by atoms with van der Waals surface area (Å²) in [6, 6.07) is 68.5. The van der Waals surface area contributed by atoms with Crippen LogP contribution in [-0.4, -0.2) is 19.9 Å². The van der Waals surface area contributed by atoms with E-state index in [1.54, 1.807) is 0 Å². The van der Waals surface area contributed by atoms with Gasteiger partial charge in [0.05, 0.1) is 5.52 Å². The van der Waals surface area contributed by atoms with Gasteiger partial charge >= 0.3 is 0 Å². The monoisotopic (exact) mass is 824 g/mol. The number of aromatic nitrogens is 4. The van der Waals surface area contributed by atoms with Crippen molar-refractivity contribution in [1.29, 1.82) is 0 Å². The number of nitrogens with zero attached hydrogens (tertiary/aromatic N) is 3. The van der Waals surface area contributed by atoms with Crippen molar-refractivity contribution in [3.8, 4) is 56.2 Å². The molecular weight excluding hydrogens is 792 g/mol. The first-order valence-corrected chi connectivity index (χ1v) is 21.4. The van der Waals surface area contributed by atoms with E-state index in [0.29, 0.717) is 11.6 Å². The van der Waals surface area contributed by atoms with Crippen molar-refractivity contribution < 1.29 is 4.42 Å². The Morgan fingerprint density at radius 2 is 1.03 bits per heavy atom. The lowest BCUT2D eigenvalue weighted by Crippen LogP contribution is -1.97. The normalized spacial score (nSPS) is 11.9. The number of benzene rings is 10. The number of hydrogen-bond acceptors (Lipinski definition) is 4. The van der Waals surface area contributed by atoms with Gasteiger partial charge < -0.3 is 9.40 Å². The molecule has 13 rings (SSSR count). The lowest BCUT2D eigenvalue weighted by molar-refractivity contribution is 0.670. The number of H-pyrrole nitrogens is 1. The van der Waals surface area contributed by atoms with Gasteiger partial charge in [0.1, 0.15) is 11.2 Å². The van der Waals surface area contributed by atoms with Crippen LogP contribution in [0.1, 0.15) is 0 Å². The van der Waals surface area contributed by atoms with Crippen molar-refractivity contribution in [2.75, 3.05) is 0 Å². The SMILES string of the molecule is Clc1nc(-c2ccc(-c3cccc(-c4ccc5c(c4)oc4c(-c6cccc7c6[nH]c6ccc8ccccc8c67)c6ccccc6cc45)c3)cc2)nc(-c2ccc3ccccc3c2)n1. The molecule has 3 aromatic heterocycles. The zero-order chi connectivity index (χ0) is 41.6. The number of halogens is 1. The highest BCUT2D eigenvalue weighted by molar-refractivity contribution is 6.28. The molecule has 0 aliphatic heterocycles. The van der Waals surface area contributed by atoms with Crippen LogP contribution in [0.25, 0.3) is 132 Å². The second-order valence-corrected chi connectivity index (χ2v) is 16.5. The molecular formula is C57H33ClN4O. The van der Waals surface area contributed by atoms with E-state index in [9.17, 15) is 0 Å². The van der Waals surface area contributed by atoms with Crippen molar-refractivity contribution in [3.63, 3.8) is 0 Å². The largest absolute Gasteiger partial charge is 0.455 e. The third kappa shape index (κ3) is 5.82. The van der Waals surface area contributed by atoms with E-state index in [-0.39, 0.29) is 5.28 Å². The molecule has 0 fully saturated rings. The molecule has 5 nitrogen and oxygen atoms in total. The second-order valence-electron chi connectivity index (χ2n) is 16.2. The molecule has 0 radical (unpaired) electrons. The van der Waals surface area contributed by atoms with Gasteiger partial charge in [-0.15, -0.1) is 0 Å². The fourth-order valence-corrected chi connectivity index (χ4v) is 9.71. The van der Waals surface area contributed by atoms with Crippen molar-refractivity contribution in [1.82, 2.24) is 19.9 Å². The highest BCUT2D eigenvalue weighted by atomic mass is 35.5. The fraction of sp³-hybridized carbons (Fsp3) is 0. The number of fused-ring (bicyclic) bond motifs is 10. The van der Waals surface area contributed by atoms with E-state index >= 15 is 0 Å². The number of furan rings is 1. The van der Waals surface area contributed by atoms with Crippen LogP contribution in [0.15, 0.2) is 199 Å². The van der Waals surface area contributed by atoms with Gasteiger partial charge in [0.15, 0.2) is 11.6 Å². The number of hydrogen-bond donors (Lipinski definition) is 1. The molecule has 0 spiro atoms. The first-order chi connectivity index (χ1) is 31.1. The molecule has 0 unspecified atom stereocenters. The highest BCUT2D eigenvalue weighted by Gasteiger charge is 2.21. The summed E-state index contributed by atoms with van der Waals surface area (Å²) in [5.74, 6) is 1.07. The highest BCUT2D eigenvalue weighted by Crippen LogP contribution is 2.45. The first-order valence-electron chi connectivity index (χ1n) is 21.0. The average Bonchev–Trinajstić information content (AvgIpc) is 3.91. The van der Waals surface area contributed by atoms with Gasteiger partial charge in [-0.3, -0.25) is 0 Å². The molecule has 3 heterocycles. The van der Waals surface area contributed by atoms with Crippen LogP contribution in [0.2, 0.25) is 5.28 Å². The summed E-state index contributed by atoms with van der Waals surface area (Å²) in [4.78, 5) is 17.6. The Balaban J connectivity index is 0.877. The molecule has 0 aliphatic carbocycles. The Morgan fingerprint density at radius 1 is 0.397 bits per heavy atom. The van der Waals surface area contributed by atoms with Gasteiger partial charge in [-0.1, -0.05) is 158 Å². The third-order valence-corrected chi connectivity index (χ3v) is 12.7. The minimum absolute atomic E-state index is 0.159. The molecule has 294 valence electrons. The predicted molar refractivity (Wildman–Crippen MR) is 261 cm³/mol. The lowest BCUT2D eigenvalue weighted by Gasteiger charge is -2.10. The average molecular weight is 825 g/mol. The summed E-state index contributed by atoms with van der Waals surface area (Å²) < 4.78 is 7.00. The van der Waals surface area contributed by atoms with Gasteiger partial charge in [0.25, 0.3) is 0 Å². The maximum Gasteiger partial charge on any atom is 0.226 e. The number of rotatable bonds is 5. The van der Waals surface area contributed by atoms with Crippen LogP contribution in [-0.2, 0) is 0 Å². The van der Waals surface area contributed by atoms with Crippen LogP contribution in [0.5, 0.6) is 0 Å². The Bertz CT molecular complexity index is 4000. The molecule has 0 bridgehead atoms. The molecule has 10 aromatic carbocycles. The minimum Gasteiger partial charge on any atom is -0.455 e. The van der Waals surface area contributed by atoms with Crippen LogP contribution < -0.4 is 0 Å². The summed E-state index contributed by atoms with van der Waals surface area (Å²) in [7, 11) is 0. The topological polar surface area (TPSA) is 67.6 Å². The van der Waals surface area contributed by atoms with Gasteiger partial charge in [0.2, 0.25) is 5.28 Å². The van der Waals surface area contributed by atoms with Crippen molar-refractivity contribution in [2.24, 2.45) is 0 Å². The van der Waals surface area contributed by atoms with Gasteiger partial charge in [-0.2, -0.15) is 9.97 Å². The van der Waals surface area contributed by atoms with Gasteiger partial charge in [-0.05, 0) is 103 Å². The van der Waals surface area contributed by atoms with E-state index in [1.165, 1.54) is 26.9 Å². The number of para-hydroxylation sites is 1. The summed E-state index contributed by atoms with van der Waals surface area (Å²) in [6.07, 6.45) is 0. The Labute approximate surface area is 365 Å². The molecule has 0 saturated heterocycles. The summed E-state index contributed by atoms with van der Waals surface area (Å²) in [5, 5.41) is 11.9. The van der Waals surface area contributed by atoms with Crippen LogP contribution in [0.4, 0.5) is 0 Å². The fourth-order valence-electron chi connectivity index (χ4n) is 9.55. The number of nitrogens with one attached hydrogen (secondary N) is 1. The molecule has 0 saturated carbocycles. The van der Waals surface area contributed by atoms with E-state index in [1.807, 2.05) is 30.3 Å². The Morgan fingerprint density at radius 3 is 1.89 bits per heavy atom. The van der Waals surface area contributed by atoms with Crippen molar-refractivity contribution in [3.05, 3.63) is 199 Å². The first kappa shape index (κ1) is 35.6. The predicted octanol–water partition coefficient (Wildman–Crippen LogP) is 15.9. The molecule has 13 aromatic rings. The zero-order valence-corrected chi connectivity index (χ0v) is 34.4.